The summed E-state index contributed by atoms with van der Waals surface area (Å²) in [6.45, 7) is 0. The molecule has 0 fully saturated rings. The number of methoxy groups -OCH3 is 1. The molecule has 60 valence electrons. The van der Waals surface area contributed by atoms with Crippen molar-refractivity contribution in [3.05, 3.63) is 21.1 Å². The molecule has 2 nitrogen and oxygen atoms in total. The lowest BCUT2D eigenvalue weighted by atomic mass is 10.3. The molecule has 0 saturated heterocycles. The quantitative estimate of drug-likeness (QED) is 0.858. The van der Waals surface area contributed by atoms with Crippen LogP contribution in [0, 0.1) is 0 Å². The molecule has 1 N–H and O–H groups in total. The van der Waals surface area contributed by atoms with Crippen LogP contribution in [0.1, 0.15) is 0 Å². The van der Waals surface area contributed by atoms with Crippen molar-refractivity contribution < 1.29 is 9.84 Å². The highest BCUT2D eigenvalue weighted by molar-refractivity contribution is 9.11. The topological polar surface area (TPSA) is 29.5 Å². The number of rotatable bonds is 1. The van der Waals surface area contributed by atoms with Gasteiger partial charge in [0.25, 0.3) is 0 Å². The monoisotopic (exact) mass is 280 g/mol. The second-order valence-electron chi connectivity index (χ2n) is 1.94. The van der Waals surface area contributed by atoms with Gasteiger partial charge in [-0.2, -0.15) is 0 Å². The maximum atomic E-state index is 9.21. The van der Waals surface area contributed by atoms with Crippen LogP contribution in [-0.4, -0.2) is 12.2 Å². The van der Waals surface area contributed by atoms with E-state index < -0.39 is 0 Å². The highest BCUT2D eigenvalue weighted by Gasteiger charge is 2.04. The van der Waals surface area contributed by atoms with Crippen LogP contribution in [0.15, 0.2) is 21.1 Å². The van der Waals surface area contributed by atoms with Crippen LogP contribution in [0.4, 0.5) is 0 Å². The molecule has 0 aliphatic rings. The van der Waals surface area contributed by atoms with Crippen LogP contribution in [0.3, 0.4) is 0 Å². The van der Waals surface area contributed by atoms with Crippen LogP contribution in [-0.2, 0) is 0 Å². The van der Waals surface area contributed by atoms with E-state index in [1.807, 2.05) is 0 Å². The van der Waals surface area contributed by atoms with Crippen molar-refractivity contribution in [2.45, 2.75) is 0 Å². The van der Waals surface area contributed by atoms with Gasteiger partial charge in [-0.3, -0.25) is 0 Å². The highest BCUT2D eigenvalue weighted by Crippen LogP contribution is 2.34. The first kappa shape index (κ1) is 8.87. The summed E-state index contributed by atoms with van der Waals surface area (Å²) in [7, 11) is 1.55. The van der Waals surface area contributed by atoms with Crippen LogP contribution >= 0.6 is 31.9 Å². The normalized spacial score (nSPS) is 9.73. The molecule has 0 heterocycles. The highest BCUT2D eigenvalue weighted by atomic mass is 79.9. The summed E-state index contributed by atoms with van der Waals surface area (Å²) in [6, 6.07) is 3.27. The Bertz CT molecular complexity index is 273. The summed E-state index contributed by atoms with van der Waals surface area (Å²) < 4.78 is 6.41. The van der Waals surface area contributed by atoms with E-state index in [0.29, 0.717) is 10.2 Å². The van der Waals surface area contributed by atoms with Gasteiger partial charge in [0.15, 0.2) is 0 Å². The third-order valence-electron chi connectivity index (χ3n) is 1.22. The number of halogens is 2. The molecule has 0 aromatic heterocycles. The maximum absolute atomic E-state index is 9.21. The molecule has 0 aliphatic heterocycles. The molecule has 0 saturated carbocycles. The number of phenols is 1. The second-order valence-corrected chi connectivity index (χ2v) is 3.65. The van der Waals surface area contributed by atoms with E-state index in [1.165, 1.54) is 6.07 Å². The molecule has 0 atom stereocenters. The first-order valence-electron chi connectivity index (χ1n) is 2.87. The summed E-state index contributed by atoms with van der Waals surface area (Å²) in [4.78, 5) is 0. The van der Waals surface area contributed by atoms with Crippen LogP contribution in [0.5, 0.6) is 11.5 Å². The standard InChI is InChI=1S/C7H6Br2O2/c1-11-7-3-6(10)4(8)2-5(7)9/h2-3,10H,1H3. The molecule has 0 amide bonds. The minimum atomic E-state index is 0.171. The van der Waals surface area contributed by atoms with Crippen molar-refractivity contribution >= 4 is 31.9 Å². The van der Waals surface area contributed by atoms with Gasteiger partial charge in [-0.25, -0.2) is 0 Å². The van der Waals surface area contributed by atoms with E-state index in [-0.39, 0.29) is 5.75 Å². The van der Waals surface area contributed by atoms with Crippen molar-refractivity contribution in [3.63, 3.8) is 0 Å². The zero-order chi connectivity index (χ0) is 8.43. The van der Waals surface area contributed by atoms with Crippen LogP contribution in [0.25, 0.3) is 0 Å². The first-order valence-corrected chi connectivity index (χ1v) is 4.45. The van der Waals surface area contributed by atoms with Crippen LogP contribution in [0.2, 0.25) is 0 Å². The smallest absolute Gasteiger partial charge is 0.136 e. The third-order valence-corrected chi connectivity index (χ3v) is 2.48. The molecule has 4 heteroatoms. The van der Waals surface area contributed by atoms with Crippen molar-refractivity contribution in [1.29, 1.82) is 0 Å². The SMILES string of the molecule is COc1cc(O)c(Br)cc1Br. The molecule has 0 bridgehead atoms. The zero-order valence-electron chi connectivity index (χ0n) is 5.77. The Kier molecular flexibility index (Phi) is 2.78. The Labute approximate surface area is 81.4 Å². The summed E-state index contributed by atoms with van der Waals surface area (Å²) in [5.74, 6) is 0.788. The van der Waals surface area contributed by atoms with E-state index in [9.17, 15) is 5.11 Å². The fourth-order valence-corrected chi connectivity index (χ4v) is 1.83. The lowest BCUT2D eigenvalue weighted by Gasteiger charge is -2.04. The van der Waals surface area contributed by atoms with Crippen molar-refractivity contribution in [1.82, 2.24) is 0 Å². The molecule has 1 aromatic carbocycles. The molecule has 0 unspecified atom stereocenters. The molecule has 0 aliphatic carbocycles. The Balaban J connectivity index is 3.21. The predicted molar refractivity (Wildman–Crippen MR) is 50.1 cm³/mol. The number of phenolic OH excluding ortho intramolecular Hbond substituents is 1. The summed E-state index contributed by atoms with van der Waals surface area (Å²) >= 11 is 6.45. The summed E-state index contributed by atoms with van der Waals surface area (Å²) in [6.07, 6.45) is 0. The lowest BCUT2D eigenvalue weighted by molar-refractivity contribution is 0.404. The Morgan fingerprint density at radius 2 is 1.91 bits per heavy atom. The van der Waals surface area contributed by atoms with E-state index >= 15 is 0 Å². The minimum Gasteiger partial charge on any atom is -0.507 e. The van der Waals surface area contributed by atoms with E-state index in [0.717, 1.165) is 4.47 Å². The van der Waals surface area contributed by atoms with Gasteiger partial charge >= 0.3 is 0 Å². The summed E-state index contributed by atoms with van der Waals surface area (Å²) in [5.41, 5.74) is 0. The van der Waals surface area contributed by atoms with Gasteiger partial charge in [0, 0.05) is 6.07 Å². The number of benzene rings is 1. The fourth-order valence-electron chi connectivity index (χ4n) is 0.675. The predicted octanol–water partition coefficient (Wildman–Crippen LogP) is 2.93. The minimum absolute atomic E-state index is 0.171. The third kappa shape index (κ3) is 1.87. The Morgan fingerprint density at radius 3 is 2.45 bits per heavy atom. The average molecular weight is 282 g/mol. The van der Waals surface area contributed by atoms with E-state index in [2.05, 4.69) is 31.9 Å². The van der Waals surface area contributed by atoms with Gasteiger partial charge in [-0.15, -0.1) is 0 Å². The average Bonchev–Trinajstić information content (AvgIpc) is 1.97. The molecular weight excluding hydrogens is 276 g/mol. The van der Waals surface area contributed by atoms with Gasteiger partial charge in [-0.05, 0) is 37.9 Å². The van der Waals surface area contributed by atoms with Gasteiger partial charge < -0.3 is 9.84 Å². The largest absolute Gasteiger partial charge is 0.507 e. The van der Waals surface area contributed by atoms with Gasteiger partial charge in [0.2, 0.25) is 0 Å². The van der Waals surface area contributed by atoms with Crippen molar-refractivity contribution in [2.24, 2.45) is 0 Å². The summed E-state index contributed by atoms with van der Waals surface area (Å²) in [5, 5.41) is 9.21. The molecule has 1 rings (SSSR count). The molecular formula is C7H6Br2O2. The number of hydrogen-bond acceptors (Lipinski definition) is 2. The zero-order valence-corrected chi connectivity index (χ0v) is 8.94. The molecule has 0 spiro atoms. The van der Waals surface area contributed by atoms with E-state index in [1.54, 1.807) is 13.2 Å². The van der Waals surface area contributed by atoms with Gasteiger partial charge in [-0.1, -0.05) is 0 Å². The Hall–Kier alpha value is -0.220. The van der Waals surface area contributed by atoms with Crippen molar-refractivity contribution in [2.75, 3.05) is 7.11 Å². The first-order chi connectivity index (χ1) is 5.15. The van der Waals surface area contributed by atoms with Gasteiger partial charge in [0.1, 0.15) is 11.5 Å². The number of ether oxygens (including phenoxy) is 1. The van der Waals surface area contributed by atoms with Crippen LogP contribution < -0.4 is 4.74 Å². The van der Waals surface area contributed by atoms with E-state index in [4.69, 9.17) is 4.74 Å². The number of aromatic hydroxyl groups is 1. The Morgan fingerprint density at radius 1 is 1.27 bits per heavy atom. The number of hydrogen-bond donors (Lipinski definition) is 1. The molecule has 11 heavy (non-hydrogen) atoms. The fraction of sp³-hybridized carbons (Fsp3) is 0.143. The molecule has 0 radical (unpaired) electrons. The second kappa shape index (κ2) is 3.45. The lowest BCUT2D eigenvalue weighted by Crippen LogP contribution is -1.83. The molecule has 1 aromatic rings. The van der Waals surface area contributed by atoms with Crippen molar-refractivity contribution in [3.8, 4) is 11.5 Å². The van der Waals surface area contributed by atoms with Gasteiger partial charge in [0.05, 0.1) is 16.1 Å². The maximum Gasteiger partial charge on any atom is 0.136 e.